The third-order valence-electron chi connectivity index (χ3n) is 3.99. The van der Waals surface area contributed by atoms with Crippen LogP contribution in [0.1, 0.15) is 26.2 Å². The molecule has 0 spiro atoms. The van der Waals surface area contributed by atoms with E-state index in [2.05, 4.69) is 0 Å². The first-order valence-corrected chi connectivity index (χ1v) is 7.82. The summed E-state index contributed by atoms with van der Waals surface area (Å²) in [7, 11) is 0. The predicted molar refractivity (Wildman–Crippen MR) is 84.7 cm³/mol. The van der Waals surface area contributed by atoms with Crippen molar-refractivity contribution in [1.82, 2.24) is 4.90 Å². The molecule has 0 aromatic heterocycles. The molecule has 0 bridgehead atoms. The van der Waals surface area contributed by atoms with Gasteiger partial charge in [-0.25, -0.2) is 0 Å². The van der Waals surface area contributed by atoms with Crippen LogP contribution >= 0.6 is 11.6 Å². The van der Waals surface area contributed by atoms with Gasteiger partial charge >= 0.3 is 0 Å². The zero-order valence-electron chi connectivity index (χ0n) is 12.6. The van der Waals surface area contributed by atoms with E-state index in [1.807, 2.05) is 6.92 Å². The number of halogens is 1. The summed E-state index contributed by atoms with van der Waals surface area (Å²) in [6.45, 7) is 2.68. The lowest BCUT2D eigenvalue weighted by molar-refractivity contribution is -0.138. The van der Waals surface area contributed by atoms with Crippen LogP contribution < -0.4 is 10.5 Å². The highest BCUT2D eigenvalue weighted by atomic mass is 35.5. The number of nitrogens with zero attached hydrogens (tertiary/aromatic N) is 1. The highest BCUT2D eigenvalue weighted by Crippen LogP contribution is 2.22. The van der Waals surface area contributed by atoms with Gasteiger partial charge in [-0.2, -0.15) is 0 Å². The Kier molecular flexibility index (Phi) is 5.66. The molecule has 1 saturated heterocycles. The van der Waals surface area contributed by atoms with Crippen LogP contribution in [0.5, 0.6) is 5.75 Å². The standard InChI is InChI=1S/C16H21ClN2O3/c1-11-5-6-12(16(18)21)10-19(11)15(20)7-8-22-14-4-2-3-13(17)9-14/h2-4,9,11-12H,5-8,10H2,1H3,(H2,18,21)/t11-,12-/m0/s1. The van der Waals surface area contributed by atoms with Gasteiger partial charge in [0, 0.05) is 17.6 Å². The highest BCUT2D eigenvalue weighted by molar-refractivity contribution is 6.30. The number of amides is 2. The van der Waals surface area contributed by atoms with Gasteiger partial charge in [0.25, 0.3) is 0 Å². The van der Waals surface area contributed by atoms with Crippen molar-refractivity contribution in [2.24, 2.45) is 11.7 Å². The molecule has 6 heteroatoms. The third kappa shape index (κ3) is 4.37. The van der Waals surface area contributed by atoms with Crippen molar-refractivity contribution in [3.8, 4) is 5.75 Å². The highest BCUT2D eigenvalue weighted by Gasteiger charge is 2.31. The van der Waals surface area contributed by atoms with Gasteiger partial charge in [-0.3, -0.25) is 9.59 Å². The van der Waals surface area contributed by atoms with Crippen molar-refractivity contribution in [2.75, 3.05) is 13.2 Å². The molecule has 2 atom stereocenters. The van der Waals surface area contributed by atoms with Crippen molar-refractivity contribution in [3.05, 3.63) is 29.3 Å². The van der Waals surface area contributed by atoms with E-state index < -0.39 is 0 Å². The zero-order chi connectivity index (χ0) is 16.1. The molecule has 1 aliphatic heterocycles. The molecule has 1 heterocycles. The Hall–Kier alpha value is -1.75. The first kappa shape index (κ1) is 16.6. The van der Waals surface area contributed by atoms with Crippen molar-refractivity contribution in [1.29, 1.82) is 0 Å². The Morgan fingerprint density at radius 1 is 1.41 bits per heavy atom. The molecule has 1 aromatic rings. The third-order valence-corrected chi connectivity index (χ3v) is 4.22. The predicted octanol–water partition coefficient (Wildman–Crippen LogP) is 2.22. The Balaban J connectivity index is 1.84. The summed E-state index contributed by atoms with van der Waals surface area (Å²) in [4.78, 5) is 25.3. The quantitative estimate of drug-likeness (QED) is 0.902. The lowest BCUT2D eigenvalue weighted by atomic mass is 9.92. The van der Waals surface area contributed by atoms with E-state index in [1.54, 1.807) is 29.2 Å². The van der Waals surface area contributed by atoms with Gasteiger partial charge in [0.1, 0.15) is 5.75 Å². The summed E-state index contributed by atoms with van der Waals surface area (Å²) in [6, 6.07) is 7.19. The van der Waals surface area contributed by atoms with Crippen LogP contribution in [0, 0.1) is 5.92 Å². The lowest BCUT2D eigenvalue weighted by Gasteiger charge is -2.37. The molecule has 0 aliphatic carbocycles. The number of benzene rings is 1. The molecule has 2 rings (SSSR count). The van der Waals surface area contributed by atoms with E-state index >= 15 is 0 Å². The van der Waals surface area contributed by atoms with Gasteiger partial charge in [-0.1, -0.05) is 17.7 Å². The average molecular weight is 325 g/mol. The molecular weight excluding hydrogens is 304 g/mol. The SMILES string of the molecule is C[C@H]1CC[C@H](C(N)=O)CN1C(=O)CCOc1cccc(Cl)c1. The Morgan fingerprint density at radius 3 is 2.86 bits per heavy atom. The summed E-state index contributed by atoms with van der Waals surface area (Å²) in [5, 5.41) is 0.595. The van der Waals surface area contributed by atoms with Crippen molar-refractivity contribution in [3.63, 3.8) is 0 Å². The minimum Gasteiger partial charge on any atom is -0.493 e. The smallest absolute Gasteiger partial charge is 0.226 e. The van der Waals surface area contributed by atoms with Gasteiger partial charge in [-0.05, 0) is 38.0 Å². The maximum atomic E-state index is 12.3. The molecule has 120 valence electrons. The molecule has 1 fully saturated rings. The second kappa shape index (κ2) is 7.49. The fourth-order valence-corrected chi connectivity index (χ4v) is 2.82. The van der Waals surface area contributed by atoms with Crippen LogP contribution in [-0.4, -0.2) is 35.9 Å². The zero-order valence-corrected chi connectivity index (χ0v) is 13.4. The van der Waals surface area contributed by atoms with Crippen molar-refractivity contribution < 1.29 is 14.3 Å². The molecular formula is C16H21ClN2O3. The van der Waals surface area contributed by atoms with E-state index in [1.165, 1.54) is 0 Å². The molecule has 22 heavy (non-hydrogen) atoms. The van der Waals surface area contributed by atoms with Gasteiger partial charge in [0.15, 0.2) is 0 Å². The van der Waals surface area contributed by atoms with E-state index in [0.29, 0.717) is 17.3 Å². The molecule has 5 nitrogen and oxygen atoms in total. The van der Waals surface area contributed by atoms with Gasteiger partial charge in [0.2, 0.25) is 11.8 Å². The Labute approximate surface area is 135 Å². The Bertz CT molecular complexity index is 550. The summed E-state index contributed by atoms with van der Waals surface area (Å²) >= 11 is 5.87. The number of nitrogens with two attached hydrogens (primary N) is 1. The maximum absolute atomic E-state index is 12.3. The number of hydrogen-bond acceptors (Lipinski definition) is 3. The second-order valence-electron chi connectivity index (χ2n) is 5.63. The number of hydrogen-bond donors (Lipinski definition) is 1. The summed E-state index contributed by atoms with van der Waals surface area (Å²) < 4.78 is 5.53. The van der Waals surface area contributed by atoms with Crippen LogP contribution in [0.25, 0.3) is 0 Å². The average Bonchev–Trinajstić information content (AvgIpc) is 2.47. The van der Waals surface area contributed by atoms with E-state index in [0.717, 1.165) is 12.8 Å². The normalized spacial score (nSPS) is 21.5. The minimum absolute atomic E-state index is 0.0134. The maximum Gasteiger partial charge on any atom is 0.226 e. The number of carbonyl (C=O) groups is 2. The topological polar surface area (TPSA) is 72.6 Å². The number of piperidine rings is 1. The fraction of sp³-hybridized carbons (Fsp3) is 0.500. The Morgan fingerprint density at radius 2 is 2.18 bits per heavy atom. The summed E-state index contributed by atoms with van der Waals surface area (Å²) in [5.41, 5.74) is 5.35. The second-order valence-corrected chi connectivity index (χ2v) is 6.06. The fourth-order valence-electron chi connectivity index (χ4n) is 2.64. The van der Waals surface area contributed by atoms with Crippen LogP contribution in [-0.2, 0) is 9.59 Å². The van der Waals surface area contributed by atoms with Crippen LogP contribution in [0.2, 0.25) is 5.02 Å². The summed E-state index contributed by atoms with van der Waals surface area (Å²) in [6.07, 6.45) is 1.82. The number of primary amides is 1. The van der Waals surface area contributed by atoms with Gasteiger partial charge in [0.05, 0.1) is 18.9 Å². The first-order chi connectivity index (χ1) is 10.5. The number of likely N-dealkylation sites (tertiary alicyclic amines) is 1. The molecule has 2 N–H and O–H groups in total. The van der Waals surface area contributed by atoms with Gasteiger partial charge in [-0.15, -0.1) is 0 Å². The molecule has 0 unspecified atom stereocenters. The monoisotopic (exact) mass is 324 g/mol. The van der Waals surface area contributed by atoms with Crippen LogP contribution in [0.4, 0.5) is 0 Å². The molecule has 0 saturated carbocycles. The number of ether oxygens (including phenoxy) is 1. The van der Waals surface area contributed by atoms with Gasteiger partial charge < -0.3 is 15.4 Å². The minimum atomic E-state index is -0.333. The van der Waals surface area contributed by atoms with Crippen molar-refractivity contribution in [2.45, 2.75) is 32.2 Å². The molecule has 1 aliphatic rings. The van der Waals surface area contributed by atoms with E-state index in [-0.39, 0.29) is 36.8 Å². The molecule has 2 amide bonds. The van der Waals surface area contributed by atoms with Crippen LogP contribution in [0.15, 0.2) is 24.3 Å². The summed E-state index contributed by atoms with van der Waals surface area (Å²) in [5.74, 6) is 0.0522. The number of rotatable bonds is 5. The molecule has 0 radical (unpaired) electrons. The van der Waals surface area contributed by atoms with Crippen LogP contribution in [0.3, 0.4) is 0 Å². The van der Waals surface area contributed by atoms with Crippen molar-refractivity contribution >= 4 is 23.4 Å². The van der Waals surface area contributed by atoms with E-state index in [9.17, 15) is 9.59 Å². The first-order valence-electron chi connectivity index (χ1n) is 7.44. The largest absolute Gasteiger partial charge is 0.493 e. The van der Waals surface area contributed by atoms with E-state index in [4.69, 9.17) is 22.1 Å². The lowest BCUT2D eigenvalue weighted by Crippen LogP contribution is -2.48. The number of carbonyl (C=O) groups excluding carboxylic acids is 2. The molecule has 1 aromatic carbocycles.